The first-order valence-corrected chi connectivity index (χ1v) is 11.2. The van der Waals surface area contributed by atoms with Crippen LogP contribution in [-0.4, -0.2) is 26.6 Å². The summed E-state index contributed by atoms with van der Waals surface area (Å²) < 4.78 is 0. The lowest BCUT2D eigenvalue weighted by Gasteiger charge is -2.18. The fourth-order valence-corrected chi connectivity index (χ4v) is 6.24. The maximum absolute atomic E-state index is 12.3. The highest BCUT2D eigenvalue weighted by Crippen LogP contribution is 2.40. The SMILES string of the molecule is Cc1nc(NC(=O)CSc2ncnc3sc4c(c23)CC[C@H](C)C4)sc1C. The van der Waals surface area contributed by atoms with E-state index >= 15 is 0 Å². The molecule has 136 valence electrons. The average molecular weight is 405 g/mol. The van der Waals surface area contributed by atoms with E-state index < -0.39 is 0 Å². The Bertz CT molecular complexity index is 959. The number of thiazole rings is 1. The van der Waals surface area contributed by atoms with Gasteiger partial charge in [0.2, 0.25) is 5.91 Å². The van der Waals surface area contributed by atoms with Gasteiger partial charge >= 0.3 is 0 Å². The van der Waals surface area contributed by atoms with E-state index in [-0.39, 0.29) is 5.91 Å². The van der Waals surface area contributed by atoms with Gasteiger partial charge in [0.15, 0.2) is 5.13 Å². The molecule has 26 heavy (non-hydrogen) atoms. The van der Waals surface area contributed by atoms with E-state index in [1.165, 1.54) is 40.0 Å². The standard InChI is InChI=1S/C18H20N4OS3/c1-9-4-5-12-13(6-9)26-17-15(12)16(19-8-20-17)24-7-14(23)22-18-21-10(2)11(3)25-18/h8-9H,4-7H2,1-3H3,(H,21,22,23)/t9-/m0/s1. The summed E-state index contributed by atoms with van der Waals surface area (Å²) in [6.45, 7) is 6.27. The van der Waals surface area contributed by atoms with Gasteiger partial charge in [-0.25, -0.2) is 15.0 Å². The van der Waals surface area contributed by atoms with Crippen LogP contribution in [0.3, 0.4) is 0 Å². The molecule has 1 aliphatic rings. The molecule has 0 unspecified atom stereocenters. The summed E-state index contributed by atoms with van der Waals surface area (Å²) in [7, 11) is 0. The lowest BCUT2D eigenvalue weighted by molar-refractivity contribution is -0.113. The molecule has 3 heterocycles. The topological polar surface area (TPSA) is 67.8 Å². The van der Waals surface area contributed by atoms with Crippen molar-refractivity contribution in [1.29, 1.82) is 0 Å². The molecule has 1 amide bonds. The number of rotatable bonds is 4. The van der Waals surface area contributed by atoms with Crippen molar-refractivity contribution in [2.45, 2.75) is 45.1 Å². The highest BCUT2D eigenvalue weighted by Gasteiger charge is 2.23. The number of hydrogen-bond acceptors (Lipinski definition) is 7. The first-order valence-electron chi connectivity index (χ1n) is 8.63. The third-order valence-electron chi connectivity index (χ3n) is 4.67. The van der Waals surface area contributed by atoms with E-state index in [0.717, 1.165) is 44.6 Å². The van der Waals surface area contributed by atoms with Gasteiger partial charge in [-0.15, -0.1) is 22.7 Å². The third-order valence-corrected chi connectivity index (χ3v) is 7.81. The predicted octanol–water partition coefficient (Wildman–Crippen LogP) is 4.62. The van der Waals surface area contributed by atoms with E-state index in [4.69, 9.17) is 0 Å². The minimum Gasteiger partial charge on any atom is -0.301 e. The van der Waals surface area contributed by atoms with Gasteiger partial charge < -0.3 is 5.32 Å². The average Bonchev–Trinajstić information content (AvgIpc) is 3.12. The van der Waals surface area contributed by atoms with Crippen molar-refractivity contribution in [3.63, 3.8) is 0 Å². The Morgan fingerprint density at radius 1 is 1.35 bits per heavy atom. The zero-order chi connectivity index (χ0) is 18.3. The van der Waals surface area contributed by atoms with Gasteiger partial charge in [-0.2, -0.15) is 0 Å². The molecular weight excluding hydrogens is 384 g/mol. The zero-order valence-electron chi connectivity index (χ0n) is 15.0. The number of nitrogens with one attached hydrogen (secondary N) is 1. The van der Waals surface area contributed by atoms with E-state index in [1.807, 2.05) is 13.8 Å². The van der Waals surface area contributed by atoms with Crippen LogP contribution in [0.4, 0.5) is 5.13 Å². The molecule has 1 atom stereocenters. The molecule has 0 aliphatic heterocycles. The molecule has 0 saturated carbocycles. The van der Waals surface area contributed by atoms with Crippen LogP contribution in [0, 0.1) is 19.8 Å². The van der Waals surface area contributed by atoms with Crippen molar-refractivity contribution in [3.8, 4) is 0 Å². The Labute approximate surface area is 164 Å². The minimum absolute atomic E-state index is 0.0479. The smallest absolute Gasteiger partial charge is 0.236 e. The van der Waals surface area contributed by atoms with Crippen LogP contribution in [0.1, 0.15) is 34.4 Å². The van der Waals surface area contributed by atoms with Crippen LogP contribution in [0.2, 0.25) is 0 Å². The molecule has 1 aliphatic carbocycles. The van der Waals surface area contributed by atoms with Gasteiger partial charge in [0.05, 0.1) is 11.4 Å². The van der Waals surface area contributed by atoms with Gasteiger partial charge in [0.1, 0.15) is 16.2 Å². The number of carbonyl (C=O) groups is 1. The Morgan fingerprint density at radius 3 is 2.96 bits per heavy atom. The monoisotopic (exact) mass is 404 g/mol. The van der Waals surface area contributed by atoms with Crippen LogP contribution in [0.25, 0.3) is 10.2 Å². The fourth-order valence-electron chi connectivity index (χ4n) is 3.17. The second-order valence-electron chi connectivity index (χ2n) is 6.71. The normalized spacial score (nSPS) is 16.7. The quantitative estimate of drug-likeness (QED) is 0.508. The molecule has 0 aromatic carbocycles. The molecule has 0 spiro atoms. The zero-order valence-corrected chi connectivity index (χ0v) is 17.4. The Morgan fingerprint density at radius 2 is 2.19 bits per heavy atom. The second kappa shape index (κ2) is 7.25. The lowest BCUT2D eigenvalue weighted by Crippen LogP contribution is -2.14. The summed E-state index contributed by atoms with van der Waals surface area (Å²) in [6, 6.07) is 0. The van der Waals surface area contributed by atoms with Gasteiger partial charge in [0, 0.05) is 15.1 Å². The van der Waals surface area contributed by atoms with Gasteiger partial charge in [0.25, 0.3) is 0 Å². The number of fused-ring (bicyclic) bond motifs is 3. The summed E-state index contributed by atoms with van der Waals surface area (Å²) in [4.78, 5) is 29.2. The summed E-state index contributed by atoms with van der Waals surface area (Å²) in [5.41, 5.74) is 2.37. The molecule has 5 nitrogen and oxygen atoms in total. The first kappa shape index (κ1) is 17.9. The lowest BCUT2D eigenvalue weighted by atomic mass is 9.89. The third kappa shape index (κ3) is 3.50. The van der Waals surface area contributed by atoms with Crippen LogP contribution < -0.4 is 5.32 Å². The van der Waals surface area contributed by atoms with Crippen molar-refractivity contribution in [2.75, 3.05) is 11.1 Å². The number of anilines is 1. The van der Waals surface area contributed by atoms with E-state index in [2.05, 4.69) is 27.2 Å². The molecule has 3 aromatic rings. The fraction of sp³-hybridized carbons (Fsp3) is 0.444. The predicted molar refractivity (Wildman–Crippen MR) is 110 cm³/mol. The highest BCUT2D eigenvalue weighted by atomic mass is 32.2. The molecule has 1 N–H and O–H groups in total. The summed E-state index contributed by atoms with van der Waals surface area (Å²) in [5, 5.41) is 5.64. The first-order chi connectivity index (χ1) is 12.5. The molecule has 3 aromatic heterocycles. The minimum atomic E-state index is -0.0479. The second-order valence-corrected chi connectivity index (χ2v) is 9.96. The molecule has 8 heteroatoms. The maximum Gasteiger partial charge on any atom is 0.236 e. The van der Waals surface area contributed by atoms with Crippen LogP contribution in [0.5, 0.6) is 0 Å². The Hall–Kier alpha value is -1.51. The van der Waals surface area contributed by atoms with Crippen LogP contribution >= 0.6 is 34.4 Å². The summed E-state index contributed by atoms with van der Waals surface area (Å²) in [5.74, 6) is 1.01. The summed E-state index contributed by atoms with van der Waals surface area (Å²) in [6.07, 6.45) is 5.04. The van der Waals surface area contributed by atoms with Crippen molar-refractivity contribution in [1.82, 2.24) is 15.0 Å². The Kier molecular flexibility index (Phi) is 4.98. The van der Waals surface area contributed by atoms with E-state index in [0.29, 0.717) is 10.9 Å². The number of aromatic nitrogens is 3. The van der Waals surface area contributed by atoms with Crippen LogP contribution in [-0.2, 0) is 17.6 Å². The van der Waals surface area contributed by atoms with Crippen molar-refractivity contribution in [3.05, 3.63) is 27.3 Å². The molecular formula is C18H20N4OS3. The molecule has 0 bridgehead atoms. The molecule has 4 rings (SSSR count). The molecule has 0 fully saturated rings. The highest BCUT2D eigenvalue weighted by molar-refractivity contribution is 8.00. The number of nitrogens with zero attached hydrogens (tertiary/aromatic N) is 3. The van der Waals surface area contributed by atoms with Gasteiger partial charge in [-0.1, -0.05) is 18.7 Å². The largest absolute Gasteiger partial charge is 0.301 e. The number of aryl methyl sites for hydroxylation is 3. The number of hydrogen-bond donors (Lipinski definition) is 1. The molecule has 0 radical (unpaired) electrons. The van der Waals surface area contributed by atoms with E-state index in [9.17, 15) is 4.79 Å². The van der Waals surface area contributed by atoms with Gasteiger partial charge in [-0.05, 0) is 44.6 Å². The summed E-state index contributed by atoms with van der Waals surface area (Å²) >= 11 is 4.78. The van der Waals surface area contributed by atoms with Crippen molar-refractivity contribution in [2.24, 2.45) is 5.92 Å². The molecule has 0 saturated heterocycles. The van der Waals surface area contributed by atoms with Crippen molar-refractivity contribution < 1.29 is 4.79 Å². The Balaban J connectivity index is 1.51. The van der Waals surface area contributed by atoms with E-state index in [1.54, 1.807) is 17.7 Å². The van der Waals surface area contributed by atoms with Gasteiger partial charge in [-0.3, -0.25) is 4.79 Å². The van der Waals surface area contributed by atoms with Crippen LogP contribution in [0.15, 0.2) is 11.4 Å². The van der Waals surface area contributed by atoms with Crippen molar-refractivity contribution >= 4 is 55.7 Å². The maximum atomic E-state index is 12.3. The number of thioether (sulfide) groups is 1. The number of carbonyl (C=O) groups excluding carboxylic acids is 1. The number of amides is 1. The number of thiophene rings is 1.